The van der Waals surface area contributed by atoms with Crippen molar-refractivity contribution >= 4 is 39.0 Å². The number of hydrogen-bond donors (Lipinski definition) is 0. The number of rotatable bonds is 8. The largest absolute Gasteiger partial charge is 0.493 e. The van der Waals surface area contributed by atoms with Crippen LogP contribution in [-0.2, 0) is 9.53 Å². The van der Waals surface area contributed by atoms with Gasteiger partial charge < -0.3 is 14.2 Å². The van der Waals surface area contributed by atoms with E-state index in [0.29, 0.717) is 33.8 Å². The summed E-state index contributed by atoms with van der Waals surface area (Å²) < 4.78 is 18.3. The number of ether oxygens (including phenoxy) is 3. The maximum atomic E-state index is 13.5. The van der Waals surface area contributed by atoms with E-state index in [1.807, 2.05) is 12.1 Å². The van der Waals surface area contributed by atoms with Gasteiger partial charge >= 0.3 is 5.97 Å². The standard InChI is InChI=1S/C26H28BrN3O5/c1-3-34-23(31)16-35-24-18(10-7-11-22(24)33-2)15-28-30-25(17-8-5-4-6-9-17)29-21-13-12-19(27)14-20(21)26(30)32/h7,10-15,17H,3-6,8-9,16H2,1-2H3. The predicted octanol–water partition coefficient (Wildman–Crippen LogP) is 5.04. The molecular weight excluding hydrogens is 514 g/mol. The van der Waals surface area contributed by atoms with Crippen LogP contribution in [0.3, 0.4) is 0 Å². The molecule has 35 heavy (non-hydrogen) atoms. The summed E-state index contributed by atoms with van der Waals surface area (Å²) in [6.07, 6.45) is 6.88. The van der Waals surface area contributed by atoms with Crippen molar-refractivity contribution in [2.45, 2.75) is 44.9 Å². The summed E-state index contributed by atoms with van der Waals surface area (Å²) in [6, 6.07) is 10.8. The van der Waals surface area contributed by atoms with Crippen molar-refractivity contribution in [3.63, 3.8) is 0 Å². The highest BCUT2D eigenvalue weighted by molar-refractivity contribution is 9.10. The van der Waals surface area contributed by atoms with Crippen LogP contribution >= 0.6 is 15.9 Å². The van der Waals surface area contributed by atoms with Crippen LogP contribution in [0.4, 0.5) is 0 Å². The van der Waals surface area contributed by atoms with Gasteiger partial charge in [0.2, 0.25) is 0 Å². The van der Waals surface area contributed by atoms with Crippen molar-refractivity contribution < 1.29 is 19.0 Å². The van der Waals surface area contributed by atoms with E-state index in [1.54, 1.807) is 37.4 Å². The number of nitrogens with zero attached hydrogens (tertiary/aromatic N) is 3. The Morgan fingerprint density at radius 1 is 1.23 bits per heavy atom. The molecule has 0 amide bonds. The molecule has 0 atom stereocenters. The number of fused-ring (bicyclic) bond motifs is 1. The van der Waals surface area contributed by atoms with E-state index in [2.05, 4.69) is 21.0 Å². The number of hydrogen-bond acceptors (Lipinski definition) is 7. The average molecular weight is 542 g/mol. The minimum atomic E-state index is -0.485. The van der Waals surface area contributed by atoms with E-state index in [-0.39, 0.29) is 24.7 Å². The van der Waals surface area contributed by atoms with Gasteiger partial charge in [0.05, 0.1) is 30.8 Å². The van der Waals surface area contributed by atoms with Gasteiger partial charge in [0, 0.05) is 16.0 Å². The predicted molar refractivity (Wildman–Crippen MR) is 138 cm³/mol. The molecule has 8 nitrogen and oxygen atoms in total. The zero-order valence-electron chi connectivity index (χ0n) is 19.8. The highest BCUT2D eigenvalue weighted by Crippen LogP contribution is 2.33. The molecular formula is C26H28BrN3O5. The number of halogens is 1. The third-order valence-electron chi connectivity index (χ3n) is 5.98. The number of carbonyl (C=O) groups excluding carboxylic acids is 1. The van der Waals surface area contributed by atoms with Gasteiger partial charge in [-0.05, 0) is 50.1 Å². The van der Waals surface area contributed by atoms with Crippen LogP contribution in [0.2, 0.25) is 0 Å². The summed E-state index contributed by atoms with van der Waals surface area (Å²) in [4.78, 5) is 30.2. The summed E-state index contributed by atoms with van der Waals surface area (Å²) in [6.45, 7) is 1.73. The van der Waals surface area contributed by atoms with Crippen molar-refractivity contribution in [1.82, 2.24) is 9.66 Å². The molecule has 184 valence electrons. The van der Waals surface area contributed by atoms with Crippen LogP contribution in [0.1, 0.15) is 56.3 Å². The molecule has 0 bridgehead atoms. The molecule has 0 spiro atoms. The van der Waals surface area contributed by atoms with Crippen LogP contribution < -0.4 is 15.0 Å². The maximum Gasteiger partial charge on any atom is 0.344 e. The van der Waals surface area contributed by atoms with Crippen molar-refractivity contribution in [2.75, 3.05) is 20.3 Å². The lowest BCUT2D eigenvalue weighted by Gasteiger charge is -2.22. The van der Waals surface area contributed by atoms with E-state index in [9.17, 15) is 9.59 Å². The second kappa shape index (κ2) is 11.5. The second-order valence-corrected chi connectivity index (χ2v) is 9.22. The van der Waals surface area contributed by atoms with E-state index >= 15 is 0 Å². The Bertz CT molecular complexity index is 1300. The first-order chi connectivity index (χ1) is 17.0. The molecule has 9 heteroatoms. The van der Waals surface area contributed by atoms with Gasteiger partial charge in [-0.2, -0.15) is 9.78 Å². The molecule has 0 unspecified atom stereocenters. The number of benzene rings is 2. The van der Waals surface area contributed by atoms with Crippen LogP contribution in [-0.4, -0.2) is 42.2 Å². The van der Waals surface area contributed by atoms with Gasteiger partial charge in [-0.1, -0.05) is 41.3 Å². The molecule has 0 aliphatic heterocycles. The first kappa shape index (κ1) is 24.9. The lowest BCUT2D eigenvalue weighted by molar-refractivity contribution is -0.145. The fourth-order valence-corrected chi connectivity index (χ4v) is 4.67. The molecule has 1 heterocycles. The smallest absolute Gasteiger partial charge is 0.344 e. The summed E-state index contributed by atoms with van der Waals surface area (Å²) in [5.41, 5.74) is 0.986. The molecule has 1 saturated carbocycles. The highest BCUT2D eigenvalue weighted by Gasteiger charge is 2.23. The van der Waals surface area contributed by atoms with E-state index in [4.69, 9.17) is 19.2 Å². The van der Waals surface area contributed by atoms with Gasteiger partial charge in [-0.25, -0.2) is 9.78 Å². The summed E-state index contributed by atoms with van der Waals surface area (Å²) in [5.74, 6) is 1.12. The minimum absolute atomic E-state index is 0.159. The zero-order valence-corrected chi connectivity index (χ0v) is 21.4. The zero-order chi connectivity index (χ0) is 24.8. The van der Waals surface area contributed by atoms with Gasteiger partial charge in [0.15, 0.2) is 18.1 Å². The van der Waals surface area contributed by atoms with Crippen LogP contribution in [0.25, 0.3) is 10.9 Å². The number of para-hydroxylation sites is 1. The summed E-state index contributed by atoms with van der Waals surface area (Å²) in [7, 11) is 1.52. The first-order valence-corrected chi connectivity index (χ1v) is 12.5. The Kier molecular flexibility index (Phi) is 8.17. The van der Waals surface area contributed by atoms with Gasteiger partial charge in [0.1, 0.15) is 5.82 Å². The fourth-order valence-electron chi connectivity index (χ4n) is 4.31. The van der Waals surface area contributed by atoms with E-state index in [1.165, 1.54) is 18.2 Å². The first-order valence-electron chi connectivity index (χ1n) is 11.7. The summed E-state index contributed by atoms with van der Waals surface area (Å²) >= 11 is 3.44. The van der Waals surface area contributed by atoms with Gasteiger partial charge in [-0.3, -0.25) is 4.79 Å². The SMILES string of the molecule is CCOC(=O)COc1c(C=Nn2c(C3CCCCC3)nc3ccc(Br)cc3c2=O)cccc1OC. The fraction of sp³-hybridized carbons (Fsp3) is 0.385. The van der Waals surface area contributed by atoms with Crippen LogP contribution in [0.15, 0.2) is 50.8 Å². The molecule has 0 N–H and O–H groups in total. The minimum Gasteiger partial charge on any atom is -0.493 e. The number of esters is 1. The van der Waals surface area contributed by atoms with Crippen LogP contribution in [0, 0.1) is 0 Å². The van der Waals surface area contributed by atoms with Gasteiger partial charge in [-0.15, -0.1) is 0 Å². The Balaban J connectivity index is 1.78. The Morgan fingerprint density at radius 2 is 2.03 bits per heavy atom. The van der Waals surface area contributed by atoms with Crippen molar-refractivity contribution in [3.8, 4) is 11.5 Å². The molecule has 0 saturated heterocycles. The monoisotopic (exact) mass is 541 g/mol. The topological polar surface area (TPSA) is 92.0 Å². The molecule has 1 aromatic heterocycles. The van der Waals surface area contributed by atoms with E-state index < -0.39 is 5.97 Å². The van der Waals surface area contributed by atoms with Crippen molar-refractivity contribution in [3.05, 3.63) is 62.6 Å². The van der Waals surface area contributed by atoms with Crippen molar-refractivity contribution in [2.24, 2.45) is 5.10 Å². The molecule has 1 fully saturated rings. The van der Waals surface area contributed by atoms with E-state index in [0.717, 1.165) is 30.2 Å². The maximum absolute atomic E-state index is 13.5. The Labute approximate surface area is 212 Å². The average Bonchev–Trinajstić information content (AvgIpc) is 2.88. The second-order valence-electron chi connectivity index (χ2n) is 8.30. The lowest BCUT2D eigenvalue weighted by Crippen LogP contribution is -2.25. The molecule has 1 aliphatic carbocycles. The third kappa shape index (κ3) is 5.73. The molecule has 3 aromatic rings. The molecule has 4 rings (SSSR count). The van der Waals surface area contributed by atoms with Crippen molar-refractivity contribution in [1.29, 1.82) is 0 Å². The number of aromatic nitrogens is 2. The molecule has 0 radical (unpaired) electrons. The normalized spacial score (nSPS) is 14.4. The number of methoxy groups -OCH3 is 1. The Morgan fingerprint density at radius 3 is 2.77 bits per heavy atom. The number of carbonyl (C=O) groups is 1. The van der Waals surface area contributed by atoms with Crippen LogP contribution in [0.5, 0.6) is 11.5 Å². The lowest BCUT2D eigenvalue weighted by atomic mass is 9.88. The summed E-state index contributed by atoms with van der Waals surface area (Å²) in [5, 5.41) is 5.07. The third-order valence-corrected chi connectivity index (χ3v) is 6.48. The molecule has 2 aromatic carbocycles. The Hall–Kier alpha value is -3.20. The quantitative estimate of drug-likeness (QED) is 0.293. The molecule has 1 aliphatic rings. The van der Waals surface area contributed by atoms with Gasteiger partial charge in [0.25, 0.3) is 5.56 Å². The highest BCUT2D eigenvalue weighted by atomic mass is 79.9.